The maximum Gasteiger partial charge on any atom is 0.204 e. The number of halogens is 1. The number of nitriles is 1. The summed E-state index contributed by atoms with van der Waals surface area (Å²) in [5.41, 5.74) is 1.71. The Morgan fingerprint density at radius 2 is 2.09 bits per heavy atom. The summed E-state index contributed by atoms with van der Waals surface area (Å²) in [6, 6.07) is 4.62. The summed E-state index contributed by atoms with van der Waals surface area (Å²) in [6.07, 6.45) is 1.56. The third kappa shape index (κ3) is 1.87. The second-order valence-electron chi connectivity index (χ2n) is 5.13. The number of piperazine rings is 1. The zero-order valence-electron chi connectivity index (χ0n) is 11.6. The number of hydrogen-bond acceptors (Lipinski definition) is 6. The molecule has 3 heterocycles. The minimum atomic E-state index is -0.568. The molecular weight excluding hydrogens is 285 g/mol. The van der Waals surface area contributed by atoms with Crippen LogP contribution in [0, 0.1) is 17.1 Å². The van der Waals surface area contributed by atoms with Crippen LogP contribution in [0.25, 0.3) is 16.7 Å². The maximum atomic E-state index is 13.9. The van der Waals surface area contributed by atoms with Gasteiger partial charge in [0.2, 0.25) is 5.65 Å². The molecule has 0 bridgehead atoms. The molecule has 2 aromatic heterocycles. The Bertz CT molecular complexity index is 905. The zero-order valence-corrected chi connectivity index (χ0v) is 11.6. The standard InChI is InChI=1S/C14H12FN7/c15-10-6-11-12(5-9(10)7-16)22-8-18-20-14(22)13(19-11)21-3-1-17-2-4-21/h5-6,8,17H,1-4H2. The minimum Gasteiger partial charge on any atom is -0.351 e. The van der Waals surface area contributed by atoms with Crippen molar-refractivity contribution in [3.8, 4) is 6.07 Å². The Labute approximate surface area is 125 Å². The number of fused-ring (bicyclic) bond motifs is 3. The third-order valence-electron chi connectivity index (χ3n) is 3.83. The number of anilines is 1. The molecule has 0 atom stereocenters. The Morgan fingerprint density at radius 1 is 1.27 bits per heavy atom. The first-order valence-electron chi connectivity index (χ1n) is 6.96. The van der Waals surface area contributed by atoms with Gasteiger partial charge in [-0.15, -0.1) is 10.2 Å². The van der Waals surface area contributed by atoms with Gasteiger partial charge >= 0.3 is 0 Å². The van der Waals surface area contributed by atoms with E-state index in [-0.39, 0.29) is 5.56 Å². The van der Waals surface area contributed by atoms with Crippen molar-refractivity contribution in [2.24, 2.45) is 0 Å². The van der Waals surface area contributed by atoms with Crippen LogP contribution in [0.2, 0.25) is 0 Å². The maximum absolute atomic E-state index is 13.9. The van der Waals surface area contributed by atoms with Crippen LogP contribution in [0.3, 0.4) is 0 Å². The van der Waals surface area contributed by atoms with Crippen LogP contribution in [0.15, 0.2) is 18.5 Å². The van der Waals surface area contributed by atoms with E-state index in [1.165, 1.54) is 12.1 Å². The lowest BCUT2D eigenvalue weighted by atomic mass is 10.2. The highest BCUT2D eigenvalue weighted by molar-refractivity contribution is 5.84. The predicted molar refractivity (Wildman–Crippen MR) is 78.0 cm³/mol. The van der Waals surface area contributed by atoms with Crippen LogP contribution in [-0.4, -0.2) is 45.8 Å². The largest absolute Gasteiger partial charge is 0.351 e. The number of hydrogen-bond donors (Lipinski definition) is 1. The van der Waals surface area contributed by atoms with Gasteiger partial charge in [0.25, 0.3) is 0 Å². The van der Waals surface area contributed by atoms with Gasteiger partial charge < -0.3 is 10.2 Å². The summed E-state index contributed by atoms with van der Waals surface area (Å²) < 4.78 is 15.6. The highest BCUT2D eigenvalue weighted by Gasteiger charge is 2.19. The van der Waals surface area contributed by atoms with E-state index in [9.17, 15) is 4.39 Å². The third-order valence-corrected chi connectivity index (χ3v) is 3.83. The van der Waals surface area contributed by atoms with E-state index in [2.05, 4.69) is 25.4 Å². The topological polar surface area (TPSA) is 82.1 Å². The van der Waals surface area contributed by atoms with Crippen molar-refractivity contribution in [2.45, 2.75) is 0 Å². The van der Waals surface area contributed by atoms with E-state index in [0.717, 1.165) is 26.2 Å². The van der Waals surface area contributed by atoms with Gasteiger partial charge in [-0.05, 0) is 6.07 Å². The molecular formula is C14H12FN7. The first-order chi connectivity index (χ1) is 10.8. The fourth-order valence-corrected chi connectivity index (χ4v) is 2.74. The number of benzene rings is 1. The van der Waals surface area contributed by atoms with Crippen LogP contribution in [-0.2, 0) is 0 Å². The Hall–Kier alpha value is -2.79. The monoisotopic (exact) mass is 297 g/mol. The van der Waals surface area contributed by atoms with Gasteiger partial charge in [0, 0.05) is 32.2 Å². The fraction of sp³-hybridized carbons (Fsp3) is 0.286. The summed E-state index contributed by atoms with van der Waals surface area (Å²) in [7, 11) is 0. The molecule has 0 radical (unpaired) electrons. The van der Waals surface area contributed by atoms with Crippen LogP contribution in [0.5, 0.6) is 0 Å². The van der Waals surface area contributed by atoms with Gasteiger partial charge in [0.1, 0.15) is 18.2 Å². The number of rotatable bonds is 1. The van der Waals surface area contributed by atoms with E-state index < -0.39 is 5.82 Å². The summed E-state index contributed by atoms with van der Waals surface area (Å²) in [5, 5.41) is 20.3. The molecule has 110 valence electrons. The molecule has 1 aliphatic rings. The zero-order chi connectivity index (χ0) is 15.1. The van der Waals surface area contributed by atoms with Gasteiger partial charge in [-0.2, -0.15) is 5.26 Å². The fourth-order valence-electron chi connectivity index (χ4n) is 2.74. The molecule has 3 aromatic rings. The molecule has 8 heteroatoms. The smallest absolute Gasteiger partial charge is 0.204 e. The first-order valence-corrected chi connectivity index (χ1v) is 6.96. The number of aromatic nitrogens is 4. The molecule has 1 saturated heterocycles. The average Bonchev–Trinajstić information content (AvgIpc) is 3.04. The quantitative estimate of drug-likeness (QED) is 0.712. The Morgan fingerprint density at radius 3 is 2.86 bits per heavy atom. The van der Waals surface area contributed by atoms with Crippen LogP contribution >= 0.6 is 0 Å². The van der Waals surface area contributed by atoms with Crippen molar-refractivity contribution >= 4 is 22.5 Å². The molecule has 4 rings (SSSR count). The molecule has 0 unspecified atom stereocenters. The van der Waals surface area contributed by atoms with Gasteiger partial charge in [0.05, 0.1) is 16.6 Å². The SMILES string of the molecule is N#Cc1cc2c(cc1F)nc(N1CCNCC1)c1nncn12. The normalized spacial score (nSPS) is 15.4. The summed E-state index contributed by atoms with van der Waals surface area (Å²) in [6.45, 7) is 3.34. The van der Waals surface area contributed by atoms with Gasteiger partial charge in [-0.3, -0.25) is 4.40 Å². The molecule has 0 amide bonds. The summed E-state index contributed by atoms with van der Waals surface area (Å²) in [4.78, 5) is 6.67. The van der Waals surface area contributed by atoms with Crippen molar-refractivity contribution < 1.29 is 4.39 Å². The van der Waals surface area contributed by atoms with E-state index in [4.69, 9.17) is 5.26 Å². The number of nitrogens with one attached hydrogen (secondary N) is 1. The molecule has 1 fully saturated rings. The second-order valence-corrected chi connectivity index (χ2v) is 5.13. The lowest BCUT2D eigenvalue weighted by Crippen LogP contribution is -2.44. The van der Waals surface area contributed by atoms with Crippen LogP contribution in [0.4, 0.5) is 10.2 Å². The Balaban J connectivity index is 2.01. The van der Waals surface area contributed by atoms with Gasteiger partial charge in [-0.1, -0.05) is 0 Å². The molecule has 0 saturated carbocycles. The lowest BCUT2D eigenvalue weighted by molar-refractivity contribution is 0.585. The predicted octanol–water partition coefficient (Wildman–Crippen LogP) is 0.698. The molecule has 7 nitrogen and oxygen atoms in total. The second kappa shape index (κ2) is 4.89. The van der Waals surface area contributed by atoms with Gasteiger partial charge in [0.15, 0.2) is 5.82 Å². The molecule has 0 spiro atoms. The van der Waals surface area contributed by atoms with Crippen molar-refractivity contribution in [3.63, 3.8) is 0 Å². The first kappa shape index (κ1) is 12.9. The van der Waals surface area contributed by atoms with Crippen LogP contribution in [0.1, 0.15) is 5.56 Å². The van der Waals surface area contributed by atoms with E-state index in [0.29, 0.717) is 22.5 Å². The van der Waals surface area contributed by atoms with Gasteiger partial charge in [-0.25, -0.2) is 9.37 Å². The van der Waals surface area contributed by atoms with Crippen LogP contribution < -0.4 is 10.2 Å². The van der Waals surface area contributed by atoms with Crippen molar-refractivity contribution in [1.29, 1.82) is 5.26 Å². The molecule has 1 aliphatic heterocycles. The highest BCUT2D eigenvalue weighted by atomic mass is 19.1. The molecule has 22 heavy (non-hydrogen) atoms. The average molecular weight is 297 g/mol. The highest BCUT2D eigenvalue weighted by Crippen LogP contribution is 2.25. The van der Waals surface area contributed by atoms with E-state index in [1.54, 1.807) is 10.7 Å². The summed E-state index contributed by atoms with van der Waals surface area (Å²) >= 11 is 0. The minimum absolute atomic E-state index is 0.0146. The molecule has 1 aromatic carbocycles. The summed E-state index contributed by atoms with van der Waals surface area (Å²) in [5.74, 6) is 0.122. The van der Waals surface area contributed by atoms with Crippen molar-refractivity contribution in [1.82, 2.24) is 24.9 Å². The van der Waals surface area contributed by atoms with Crippen molar-refractivity contribution in [3.05, 3.63) is 29.8 Å². The molecule has 1 N–H and O–H groups in total. The van der Waals surface area contributed by atoms with E-state index in [1.807, 2.05) is 6.07 Å². The Kier molecular flexibility index (Phi) is 2.87. The number of nitrogens with zero attached hydrogens (tertiary/aromatic N) is 6. The van der Waals surface area contributed by atoms with E-state index >= 15 is 0 Å². The lowest BCUT2D eigenvalue weighted by Gasteiger charge is -2.28. The van der Waals surface area contributed by atoms with Crippen molar-refractivity contribution in [2.75, 3.05) is 31.1 Å². The molecule has 0 aliphatic carbocycles.